The van der Waals surface area contributed by atoms with Crippen molar-refractivity contribution in [2.24, 2.45) is 0 Å². The van der Waals surface area contributed by atoms with E-state index >= 15 is 0 Å². The van der Waals surface area contributed by atoms with E-state index in [2.05, 4.69) is 9.80 Å². The third-order valence-corrected chi connectivity index (χ3v) is 6.76. The molecule has 1 saturated heterocycles. The van der Waals surface area contributed by atoms with E-state index in [9.17, 15) is 9.59 Å². The van der Waals surface area contributed by atoms with Crippen molar-refractivity contribution in [3.05, 3.63) is 46.4 Å². The molecule has 4 rings (SSSR count). The molecule has 0 aliphatic carbocycles. The first-order valence-electron chi connectivity index (χ1n) is 11.3. The number of carboxylic acids is 1. The van der Waals surface area contributed by atoms with Gasteiger partial charge in [-0.3, -0.25) is 19.4 Å². The minimum atomic E-state index is -1.08. The Labute approximate surface area is 220 Å². The minimum absolute atomic E-state index is 0. The Balaban J connectivity index is 0.00000342. The van der Waals surface area contributed by atoms with Gasteiger partial charge in [-0.25, -0.2) is 0 Å². The van der Waals surface area contributed by atoms with Gasteiger partial charge in [0.15, 0.2) is 6.61 Å². The summed E-state index contributed by atoms with van der Waals surface area (Å²) in [5.74, 6) is -0.403. The van der Waals surface area contributed by atoms with Crippen LogP contribution >= 0.6 is 35.6 Å². The van der Waals surface area contributed by atoms with Gasteiger partial charge in [0.2, 0.25) is 0 Å². The maximum atomic E-state index is 12.1. The summed E-state index contributed by atoms with van der Waals surface area (Å²) in [6.45, 7) is 4.67. The first-order chi connectivity index (χ1) is 16.4. The maximum Gasteiger partial charge on any atom is 0.323 e. The molecule has 2 aromatic rings. The Morgan fingerprint density at radius 3 is 2.57 bits per heavy atom. The summed E-state index contributed by atoms with van der Waals surface area (Å²) in [5, 5.41) is 10.3. The SMILES string of the molecule is Cl.O=C(O)CN1C(=O)COc2ccc(OCCCCN3CCN(c4cccc(Cl)c4Cl)CC3)cc21. The van der Waals surface area contributed by atoms with E-state index in [1.54, 1.807) is 24.3 Å². The summed E-state index contributed by atoms with van der Waals surface area (Å²) < 4.78 is 11.3. The molecule has 2 aliphatic heterocycles. The number of hydrogen-bond donors (Lipinski definition) is 1. The van der Waals surface area contributed by atoms with Crippen LogP contribution in [0.2, 0.25) is 10.0 Å². The Morgan fingerprint density at radius 2 is 1.83 bits per heavy atom. The van der Waals surface area contributed by atoms with Gasteiger partial charge in [-0.1, -0.05) is 29.3 Å². The van der Waals surface area contributed by atoms with Gasteiger partial charge in [0.25, 0.3) is 5.91 Å². The lowest BCUT2D eigenvalue weighted by atomic mass is 10.2. The average Bonchev–Trinajstić information content (AvgIpc) is 2.83. The highest BCUT2D eigenvalue weighted by Gasteiger charge is 2.27. The van der Waals surface area contributed by atoms with E-state index in [0.29, 0.717) is 33.8 Å². The van der Waals surface area contributed by atoms with Gasteiger partial charge in [0, 0.05) is 32.2 Å². The minimum Gasteiger partial charge on any atom is -0.494 e. The van der Waals surface area contributed by atoms with E-state index in [-0.39, 0.29) is 24.9 Å². The number of fused-ring (bicyclic) bond motifs is 1. The van der Waals surface area contributed by atoms with Crippen LogP contribution in [0, 0.1) is 0 Å². The van der Waals surface area contributed by atoms with Gasteiger partial charge in [-0.15, -0.1) is 12.4 Å². The number of rotatable bonds is 9. The van der Waals surface area contributed by atoms with Crippen molar-refractivity contribution in [2.45, 2.75) is 12.8 Å². The molecule has 0 unspecified atom stereocenters. The molecule has 2 aliphatic rings. The predicted octanol–water partition coefficient (Wildman–Crippen LogP) is 4.21. The second-order valence-corrected chi connectivity index (χ2v) is 9.03. The van der Waals surface area contributed by atoms with Crippen LogP contribution in [0.25, 0.3) is 0 Å². The Morgan fingerprint density at radius 1 is 1.06 bits per heavy atom. The number of benzene rings is 2. The highest BCUT2D eigenvalue weighted by Crippen LogP contribution is 2.35. The first-order valence-corrected chi connectivity index (χ1v) is 12.0. The molecule has 0 spiro atoms. The molecular formula is C24H28Cl3N3O5. The number of halogens is 3. The topological polar surface area (TPSA) is 82.5 Å². The van der Waals surface area contributed by atoms with Gasteiger partial charge in [-0.2, -0.15) is 0 Å². The van der Waals surface area contributed by atoms with Gasteiger partial charge < -0.3 is 19.5 Å². The van der Waals surface area contributed by atoms with Crippen LogP contribution in [0.1, 0.15) is 12.8 Å². The normalized spacial score (nSPS) is 15.8. The molecule has 0 saturated carbocycles. The third-order valence-electron chi connectivity index (χ3n) is 5.95. The lowest BCUT2D eigenvalue weighted by molar-refractivity contribution is -0.137. The number of amides is 1. The van der Waals surface area contributed by atoms with Crippen LogP contribution < -0.4 is 19.3 Å². The van der Waals surface area contributed by atoms with Crippen molar-refractivity contribution in [3.8, 4) is 11.5 Å². The molecule has 190 valence electrons. The second-order valence-electron chi connectivity index (χ2n) is 8.25. The molecule has 2 aromatic carbocycles. The highest BCUT2D eigenvalue weighted by atomic mass is 35.5. The monoisotopic (exact) mass is 543 g/mol. The molecule has 8 nitrogen and oxygen atoms in total. The van der Waals surface area contributed by atoms with E-state index in [4.69, 9.17) is 37.8 Å². The van der Waals surface area contributed by atoms with Crippen LogP contribution in [0.5, 0.6) is 11.5 Å². The molecule has 35 heavy (non-hydrogen) atoms. The number of hydrogen-bond acceptors (Lipinski definition) is 6. The van der Waals surface area contributed by atoms with E-state index < -0.39 is 12.5 Å². The lowest BCUT2D eigenvalue weighted by Gasteiger charge is -2.36. The molecular weight excluding hydrogens is 517 g/mol. The quantitative estimate of drug-likeness (QED) is 0.474. The third kappa shape index (κ3) is 6.85. The molecule has 1 amide bonds. The number of anilines is 2. The lowest BCUT2D eigenvalue weighted by Crippen LogP contribution is -2.46. The average molecular weight is 545 g/mol. The van der Waals surface area contributed by atoms with Crippen molar-refractivity contribution in [1.29, 1.82) is 0 Å². The van der Waals surface area contributed by atoms with Crippen molar-refractivity contribution >= 4 is 58.9 Å². The van der Waals surface area contributed by atoms with Crippen molar-refractivity contribution in [1.82, 2.24) is 4.90 Å². The molecule has 1 N–H and O–H groups in total. The van der Waals surface area contributed by atoms with Crippen LogP contribution in [0.15, 0.2) is 36.4 Å². The number of carbonyl (C=O) groups excluding carboxylic acids is 1. The molecule has 0 aromatic heterocycles. The summed E-state index contributed by atoms with van der Waals surface area (Å²) in [7, 11) is 0. The molecule has 0 radical (unpaired) electrons. The van der Waals surface area contributed by atoms with Gasteiger partial charge in [0.1, 0.15) is 18.0 Å². The summed E-state index contributed by atoms with van der Waals surface area (Å²) in [6.07, 6.45) is 1.88. The van der Waals surface area contributed by atoms with Crippen LogP contribution in [-0.4, -0.2) is 74.4 Å². The molecule has 2 heterocycles. The summed E-state index contributed by atoms with van der Waals surface area (Å²) in [5.41, 5.74) is 1.41. The van der Waals surface area contributed by atoms with E-state index in [0.717, 1.165) is 51.3 Å². The maximum absolute atomic E-state index is 12.1. The van der Waals surface area contributed by atoms with Crippen LogP contribution in [0.4, 0.5) is 11.4 Å². The number of ether oxygens (including phenoxy) is 2. The van der Waals surface area contributed by atoms with Crippen molar-refractivity contribution < 1.29 is 24.2 Å². The zero-order valence-electron chi connectivity index (χ0n) is 19.1. The van der Waals surface area contributed by atoms with Gasteiger partial charge in [0.05, 0.1) is 28.0 Å². The largest absolute Gasteiger partial charge is 0.494 e. The van der Waals surface area contributed by atoms with Crippen LogP contribution in [-0.2, 0) is 9.59 Å². The highest BCUT2D eigenvalue weighted by molar-refractivity contribution is 6.43. The number of carbonyl (C=O) groups is 2. The Kier molecular flexibility index (Phi) is 9.74. The van der Waals surface area contributed by atoms with Crippen molar-refractivity contribution in [3.63, 3.8) is 0 Å². The number of carboxylic acid groups (broad SMARTS) is 1. The summed E-state index contributed by atoms with van der Waals surface area (Å²) >= 11 is 12.5. The summed E-state index contributed by atoms with van der Waals surface area (Å²) in [6, 6.07) is 10.9. The Hall–Kier alpha value is -2.39. The standard InChI is InChI=1S/C24H27Cl2N3O5.ClH/c25-18-4-3-5-19(24(18)26)28-11-9-27(10-12-28)8-1-2-13-33-17-6-7-21-20(14-17)29(15-23(31)32)22(30)16-34-21;/h3-7,14H,1-2,8-13,15-16H2,(H,31,32);1H. The van der Waals surface area contributed by atoms with Gasteiger partial charge >= 0.3 is 5.97 Å². The number of piperazine rings is 1. The smallest absolute Gasteiger partial charge is 0.323 e. The predicted molar refractivity (Wildman–Crippen MR) is 139 cm³/mol. The molecule has 11 heteroatoms. The van der Waals surface area contributed by atoms with E-state index in [1.165, 1.54) is 4.90 Å². The van der Waals surface area contributed by atoms with Gasteiger partial charge in [-0.05, 0) is 43.7 Å². The number of aliphatic carboxylic acids is 1. The van der Waals surface area contributed by atoms with E-state index in [1.807, 2.05) is 12.1 Å². The number of unbranched alkanes of at least 4 members (excludes halogenated alkanes) is 1. The fourth-order valence-corrected chi connectivity index (χ4v) is 4.57. The Bertz CT molecular complexity index is 1050. The fraction of sp³-hybridized carbons (Fsp3) is 0.417. The zero-order chi connectivity index (χ0) is 24.1. The fourth-order valence-electron chi connectivity index (χ4n) is 4.16. The molecule has 1 fully saturated rings. The first kappa shape index (κ1) is 27.2. The number of nitrogens with zero attached hydrogens (tertiary/aromatic N) is 3. The molecule has 0 bridgehead atoms. The zero-order valence-corrected chi connectivity index (χ0v) is 21.4. The van der Waals surface area contributed by atoms with Crippen LogP contribution in [0.3, 0.4) is 0 Å². The summed E-state index contributed by atoms with van der Waals surface area (Å²) in [4.78, 5) is 29.1. The second kappa shape index (κ2) is 12.5. The molecule has 0 atom stereocenters. The van der Waals surface area contributed by atoms with Crippen molar-refractivity contribution in [2.75, 3.05) is 62.3 Å².